The molecule has 0 spiro atoms. The lowest BCUT2D eigenvalue weighted by atomic mass is 9.84. The lowest BCUT2D eigenvalue weighted by Crippen LogP contribution is -2.44. The molecule has 6 heteroatoms. The van der Waals surface area contributed by atoms with Crippen LogP contribution in [0.25, 0.3) is 0 Å². The van der Waals surface area contributed by atoms with Crippen molar-refractivity contribution in [2.45, 2.75) is 45.6 Å². The number of nitrogens with one attached hydrogen (secondary N) is 1. The fourth-order valence-electron chi connectivity index (χ4n) is 3.81. The highest BCUT2D eigenvalue weighted by molar-refractivity contribution is 6.11. The van der Waals surface area contributed by atoms with E-state index in [1.54, 1.807) is 6.07 Å². The summed E-state index contributed by atoms with van der Waals surface area (Å²) in [7, 11) is 0. The third kappa shape index (κ3) is 3.92. The average Bonchev–Trinajstić information content (AvgIpc) is 2.92. The van der Waals surface area contributed by atoms with E-state index in [0.717, 1.165) is 22.4 Å². The fourth-order valence-corrected chi connectivity index (χ4v) is 3.81. The second-order valence-corrected chi connectivity index (χ2v) is 7.58. The second-order valence-electron chi connectivity index (χ2n) is 7.58. The van der Waals surface area contributed by atoms with Crippen molar-refractivity contribution in [1.82, 2.24) is 10.2 Å². The van der Waals surface area contributed by atoms with E-state index in [9.17, 15) is 18.8 Å². The summed E-state index contributed by atoms with van der Waals surface area (Å²) in [6.45, 7) is 5.42. The first-order chi connectivity index (χ1) is 13.8. The Hall–Kier alpha value is -3.02. The number of rotatable bonds is 7. The number of Topliss-reactive ketones (excluding diaryl/α,β-unsaturated/α-hetero) is 1. The molecule has 0 aliphatic carbocycles. The number of benzene rings is 2. The second kappa shape index (κ2) is 8.15. The van der Waals surface area contributed by atoms with E-state index >= 15 is 0 Å². The number of carbonyl (C=O) groups excluding carboxylic acids is 3. The average molecular weight is 396 g/mol. The molecule has 1 atom stereocenters. The fraction of sp³-hybridized carbons (Fsp3) is 0.348. The predicted octanol–water partition coefficient (Wildman–Crippen LogP) is 4.26. The summed E-state index contributed by atoms with van der Waals surface area (Å²) >= 11 is 0. The highest BCUT2D eigenvalue weighted by Gasteiger charge is 2.52. The zero-order valence-corrected chi connectivity index (χ0v) is 16.9. The molecule has 3 amide bonds. The summed E-state index contributed by atoms with van der Waals surface area (Å²) in [6, 6.07) is 10.4. The smallest absolute Gasteiger partial charge is 0.319 e. The maximum Gasteiger partial charge on any atom is 0.325 e. The molecule has 1 aliphatic rings. The van der Waals surface area contributed by atoms with Crippen LogP contribution in [0.4, 0.5) is 9.18 Å². The molecule has 0 bridgehead atoms. The van der Waals surface area contributed by atoms with Crippen molar-refractivity contribution in [3.63, 3.8) is 0 Å². The van der Waals surface area contributed by atoms with Gasteiger partial charge in [0, 0.05) is 5.56 Å². The lowest BCUT2D eigenvalue weighted by Gasteiger charge is -2.27. The number of unbranched alkanes of at least 4 members (excludes halogenated alkanes) is 1. The quantitative estimate of drug-likeness (QED) is 0.562. The van der Waals surface area contributed by atoms with Crippen molar-refractivity contribution in [1.29, 1.82) is 0 Å². The van der Waals surface area contributed by atoms with E-state index in [2.05, 4.69) is 5.32 Å². The maximum atomic E-state index is 13.4. The van der Waals surface area contributed by atoms with Crippen LogP contribution in [-0.2, 0) is 10.3 Å². The van der Waals surface area contributed by atoms with Gasteiger partial charge in [-0.3, -0.25) is 14.5 Å². The van der Waals surface area contributed by atoms with Gasteiger partial charge in [0.2, 0.25) is 0 Å². The standard InChI is InChI=1S/C23H25FN2O3/c1-4-5-12-23(17-7-9-18(24)10-8-17)21(28)26(22(29)25-23)14-20(27)19-11-6-15(2)13-16(19)3/h6-11,13H,4-5,12,14H2,1-3H3,(H,25,29). The van der Waals surface area contributed by atoms with Gasteiger partial charge in [0.05, 0.1) is 6.54 Å². The van der Waals surface area contributed by atoms with Gasteiger partial charge >= 0.3 is 6.03 Å². The van der Waals surface area contributed by atoms with Crippen LogP contribution in [0.15, 0.2) is 42.5 Å². The normalized spacial score (nSPS) is 18.8. The molecule has 1 heterocycles. The van der Waals surface area contributed by atoms with Crippen LogP contribution in [0.3, 0.4) is 0 Å². The number of aryl methyl sites for hydroxylation is 2. The van der Waals surface area contributed by atoms with Crippen LogP contribution in [0, 0.1) is 19.7 Å². The van der Waals surface area contributed by atoms with Gasteiger partial charge in [0.1, 0.15) is 11.4 Å². The summed E-state index contributed by atoms with van der Waals surface area (Å²) in [5.41, 5.74) is 1.57. The van der Waals surface area contributed by atoms with Crippen LogP contribution in [0.5, 0.6) is 0 Å². The first kappa shape index (κ1) is 20.7. The Labute approximate surface area is 169 Å². The van der Waals surface area contributed by atoms with E-state index in [1.807, 2.05) is 32.9 Å². The van der Waals surface area contributed by atoms with Crippen LogP contribution in [-0.4, -0.2) is 29.2 Å². The largest absolute Gasteiger partial charge is 0.325 e. The summed E-state index contributed by atoms with van der Waals surface area (Å²) in [5.74, 6) is -1.19. The van der Waals surface area contributed by atoms with Gasteiger partial charge in [-0.25, -0.2) is 9.18 Å². The zero-order valence-electron chi connectivity index (χ0n) is 16.9. The summed E-state index contributed by atoms with van der Waals surface area (Å²) < 4.78 is 13.4. The van der Waals surface area contributed by atoms with Gasteiger partial charge in [-0.15, -0.1) is 0 Å². The Balaban J connectivity index is 1.91. The van der Waals surface area contributed by atoms with Crippen molar-refractivity contribution in [3.05, 3.63) is 70.5 Å². The number of amides is 3. The molecule has 1 N–H and O–H groups in total. The Morgan fingerprint density at radius 3 is 2.41 bits per heavy atom. The minimum atomic E-state index is -1.27. The lowest BCUT2D eigenvalue weighted by molar-refractivity contribution is -0.131. The summed E-state index contributed by atoms with van der Waals surface area (Å²) in [4.78, 5) is 39.8. The molecule has 29 heavy (non-hydrogen) atoms. The number of nitrogens with zero attached hydrogens (tertiary/aromatic N) is 1. The number of carbonyl (C=O) groups is 3. The summed E-state index contributed by atoms with van der Waals surface area (Å²) in [5, 5.41) is 2.78. The third-order valence-electron chi connectivity index (χ3n) is 5.40. The Kier molecular flexibility index (Phi) is 5.82. The topological polar surface area (TPSA) is 66.5 Å². The van der Waals surface area contributed by atoms with Gasteiger partial charge in [0.15, 0.2) is 5.78 Å². The first-order valence-corrected chi connectivity index (χ1v) is 9.79. The van der Waals surface area contributed by atoms with E-state index in [1.165, 1.54) is 24.3 Å². The van der Waals surface area contributed by atoms with Crippen LogP contribution >= 0.6 is 0 Å². The van der Waals surface area contributed by atoms with Crippen LogP contribution < -0.4 is 5.32 Å². The molecule has 1 aliphatic heterocycles. The van der Waals surface area contributed by atoms with Gasteiger partial charge < -0.3 is 5.32 Å². The molecule has 2 aromatic rings. The molecular formula is C23H25FN2O3. The van der Waals surface area contributed by atoms with Gasteiger partial charge in [-0.05, 0) is 43.5 Å². The van der Waals surface area contributed by atoms with Crippen molar-refractivity contribution in [3.8, 4) is 0 Å². The van der Waals surface area contributed by atoms with Gasteiger partial charge in [0.25, 0.3) is 5.91 Å². The Morgan fingerprint density at radius 1 is 1.10 bits per heavy atom. The first-order valence-electron chi connectivity index (χ1n) is 9.79. The molecule has 0 aromatic heterocycles. The molecule has 1 fully saturated rings. The Morgan fingerprint density at radius 2 is 1.79 bits per heavy atom. The Bertz CT molecular complexity index is 955. The van der Waals surface area contributed by atoms with Crippen LogP contribution in [0.1, 0.15) is 53.2 Å². The molecule has 0 saturated carbocycles. The zero-order chi connectivity index (χ0) is 21.2. The number of hydrogen-bond acceptors (Lipinski definition) is 3. The molecule has 152 valence electrons. The third-order valence-corrected chi connectivity index (χ3v) is 5.40. The monoisotopic (exact) mass is 396 g/mol. The predicted molar refractivity (Wildman–Crippen MR) is 108 cm³/mol. The highest BCUT2D eigenvalue weighted by atomic mass is 19.1. The number of urea groups is 1. The van der Waals surface area contributed by atoms with Crippen molar-refractivity contribution >= 4 is 17.7 Å². The molecule has 3 rings (SSSR count). The maximum absolute atomic E-state index is 13.4. The minimum Gasteiger partial charge on any atom is -0.319 e. The molecule has 2 aromatic carbocycles. The number of ketones is 1. The number of imide groups is 1. The minimum absolute atomic E-state index is 0.295. The molecule has 1 saturated heterocycles. The highest BCUT2D eigenvalue weighted by Crippen LogP contribution is 2.34. The van der Waals surface area contributed by atoms with Crippen molar-refractivity contribution in [2.24, 2.45) is 0 Å². The van der Waals surface area contributed by atoms with Gasteiger partial charge in [-0.1, -0.05) is 55.7 Å². The molecule has 0 radical (unpaired) electrons. The van der Waals surface area contributed by atoms with Crippen molar-refractivity contribution in [2.75, 3.05) is 6.54 Å². The number of hydrogen-bond donors (Lipinski definition) is 1. The van der Waals surface area contributed by atoms with Crippen molar-refractivity contribution < 1.29 is 18.8 Å². The van der Waals surface area contributed by atoms with E-state index in [-0.39, 0.29) is 12.3 Å². The van der Waals surface area contributed by atoms with E-state index in [4.69, 9.17) is 0 Å². The van der Waals surface area contributed by atoms with E-state index in [0.29, 0.717) is 24.0 Å². The van der Waals surface area contributed by atoms with Crippen LogP contribution in [0.2, 0.25) is 0 Å². The molecular weight excluding hydrogens is 371 g/mol. The summed E-state index contributed by atoms with van der Waals surface area (Å²) in [6.07, 6.45) is 1.91. The number of halogens is 1. The SMILES string of the molecule is CCCCC1(c2ccc(F)cc2)NC(=O)N(CC(=O)c2ccc(C)cc2C)C1=O. The van der Waals surface area contributed by atoms with Gasteiger partial charge in [-0.2, -0.15) is 0 Å². The molecule has 5 nitrogen and oxygen atoms in total. The molecule has 1 unspecified atom stereocenters. The van der Waals surface area contributed by atoms with E-state index < -0.39 is 23.3 Å².